The van der Waals surface area contributed by atoms with Crippen molar-refractivity contribution >= 4 is 22.6 Å². The van der Waals surface area contributed by atoms with Crippen LogP contribution < -0.4 is 4.74 Å². The summed E-state index contributed by atoms with van der Waals surface area (Å²) in [6.07, 6.45) is 0.126. The molecule has 0 radical (unpaired) electrons. The molecule has 0 unspecified atom stereocenters. The van der Waals surface area contributed by atoms with Gasteiger partial charge in [0, 0.05) is 18.1 Å². The minimum absolute atomic E-state index is 0.0807. The number of nitrogens with one attached hydrogen (secondary N) is 1. The Morgan fingerprint density at radius 1 is 1.29 bits per heavy atom. The summed E-state index contributed by atoms with van der Waals surface area (Å²) in [5, 5.41) is 10.1. The summed E-state index contributed by atoms with van der Waals surface area (Å²) in [5.74, 6) is 0.615. The molecule has 5 nitrogen and oxygen atoms in total. The topological polar surface area (TPSA) is 67.4 Å². The van der Waals surface area contributed by atoms with Gasteiger partial charge < -0.3 is 19.6 Å². The van der Waals surface area contributed by atoms with Crippen molar-refractivity contribution in [1.29, 1.82) is 0 Å². The van der Waals surface area contributed by atoms with Crippen LogP contribution in [0.3, 0.4) is 0 Å². The molecule has 0 saturated carbocycles. The Bertz CT molecular complexity index is 850. The third kappa shape index (κ3) is 3.11. The molecule has 124 valence electrons. The molecule has 0 amide bonds. The van der Waals surface area contributed by atoms with Crippen LogP contribution in [0.15, 0.2) is 42.5 Å². The third-order valence-corrected chi connectivity index (χ3v) is 4.35. The van der Waals surface area contributed by atoms with E-state index in [0.717, 1.165) is 22.3 Å². The number of pyridine rings is 1. The average Bonchev–Trinajstić information content (AvgIpc) is 3.18. The van der Waals surface area contributed by atoms with E-state index in [-0.39, 0.29) is 6.10 Å². The van der Waals surface area contributed by atoms with Gasteiger partial charge in [-0.15, -0.1) is 0 Å². The van der Waals surface area contributed by atoms with Crippen LogP contribution in [0, 0.1) is 0 Å². The highest BCUT2D eigenvalue weighted by molar-refractivity contribution is 6.33. The van der Waals surface area contributed by atoms with E-state index in [1.807, 2.05) is 42.5 Å². The van der Waals surface area contributed by atoms with E-state index in [2.05, 4.69) is 9.97 Å². The summed E-state index contributed by atoms with van der Waals surface area (Å²) in [4.78, 5) is 7.81. The number of rotatable bonds is 4. The highest BCUT2D eigenvalue weighted by atomic mass is 35.5. The number of H-pyrrole nitrogens is 1. The van der Waals surface area contributed by atoms with Gasteiger partial charge in [-0.05, 0) is 6.07 Å². The molecular formula is C18H17ClN2O3. The van der Waals surface area contributed by atoms with Crippen molar-refractivity contribution in [2.45, 2.75) is 18.6 Å². The van der Waals surface area contributed by atoms with Gasteiger partial charge in [0.05, 0.1) is 40.6 Å². The zero-order valence-electron chi connectivity index (χ0n) is 12.9. The maximum Gasteiger partial charge on any atom is 0.193 e. The second-order valence-corrected chi connectivity index (χ2v) is 6.31. The molecule has 0 aliphatic carbocycles. The first-order valence-corrected chi connectivity index (χ1v) is 8.24. The molecule has 1 saturated heterocycles. The lowest BCUT2D eigenvalue weighted by molar-refractivity contribution is 0.0578. The number of aromatic amines is 1. The molecule has 3 heterocycles. The Morgan fingerprint density at radius 3 is 2.88 bits per heavy atom. The monoisotopic (exact) mass is 344 g/mol. The molecule has 2 aromatic heterocycles. The number of aromatic nitrogens is 2. The Hall–Kier alpha value is -2.08. The van der Waals surface area contributed by atoms with Gasteiger partial charge in [-0.3, -0.25) is 0 Å². The molecule has 1 aliphatic rings. The summed E-state index contributed by atoms with van der Waals surface area (Å²) < 4.78 is 11.2. The second kappa shape index (κ2) is 6.43. The summed E-state index contributed by atoms with van der Waals surface area (Å²) in [6, 6.07) is 13.5. The quantitative estimate of drug-likeness (QED) is 0.761. The van der Waals surface area contributed by atoms with Crippen molar-refractivity contribution < 1.29 is 14.6 Å². The minimum atomic E-state index is -0.393. The number of fused-ring (bicyclic) bond motifs is 1. The molecule has 1 aliphatic heterocycles. The van der Waals surface area contributed by atoms with E-state index in [9.17, 15) is 5.11 Å². The van der Waals surface area contributed by atoms with Gasteiger partial charge in [0.2, 0.25) is 0 Å². The normalized spacial score (nSPS) is 20.6. The predicted octanol–water partition coefficient (Wildman–Crippen LogP) is 3.41. The number of hydrogen-bond acceptors (Lipinski definition) is 4. The SMILES string of the molecule is O[C@@H]1CO[C@H](COc2cc3nc(-c4ccccc4)c(Cl)cc3[nH]2)C1. The van der Waals surface area contributed by atoms with Crippen LogP contribution in [0.25, 0.3) is 22.3 Å². The van der Waals surface area contributed by atoms with Crippen LogP contribution in [0.4, 0.5) is 0 Å². The van der Waals surface area contributed by atoms with Crippen molar-refractivity contribution in [2.75, 3.05) is 13.2 Å². The Balaban J connectivity index is 1.57. The van der Waals surface area contributed by atoms with Crippen molar-refractivity contribution in [3.63, 3.8) is 0 Å². The van der Waals surface area contributed by atoms with Crippen LogP contribution in [0.1, 0.15) is 6.42 Å². The number of halogens is 1. The maximum atomic E-state index is 9.47. The van der Waals surface area contributed by atoms with Gasteiger partial charge in [-0.25, -0.2) is 4.98 Å². The average molecular weight is 345 g/mol. The van der Waals surface area contributed by atoms with Crippen molar-refractivity contribution in [3.05, 3.63) is 47.5 Å². The Kier molecular flexibility index (Phi) is 4.14. The lowest BCUT2D eigenvalue weighted by Gasteiger charge is -2.09. The molecule has 2 atom stereocenters. The second-order valence-electron chi connectivity index (χ2n) is 5.91. The largest absolute Gasteiger partial charge is 0.476 e. The van der Waals surface area contributed by atoms with Crippen LogP contribution >= 0.6 is 11.6 Å². The number of ether oxygens (including phenoxy) is 2. The Labute approximate surface area is 144 Å². The first-order chi connectivity index (χ1) is 11.7. The molecule has 4 rings (SSSR count). The molecule has 0 spiro atoms. The lowest BCUT2D eigenvalue weighted by Crippen LogP contribution is -2.17. The van der Waals surface area contributed by atoms with Gasteiger partial charge in [0.15, 0.2) is 5.88 Å². The molecule has 1 fully saturated rings. The van der Waals surface area contributed by atoms with E-state index < -0.39 is 6.10 Å². The van der Waals surface area contributed by atoms with Crippen molar-refractivity contribution in [2.24, 2.45) is 0 Å². The third-order valence-electron chi connectivity index (χ3n) is 4.06. The maximum absolute atomic E-state index is 9.47. The summed E-state index contributed by atoms with van der Waals surface area (Å²) >= 11 is 6.37. The molecule has 2 N–H and O–H groups in total. The van der Waals surface area contributed by atoms with E-state index in [0.29, 0.717) is 30.5 Å². The molecule has 0 bridgehead atoms. The molecule has 24 heavy (non-hydrogen) atoms. The number of aliphatic hydroxyl groups excluding tert-OH is 1. The van der Waals surface area contributed by atoms with E-state index in [4.69, 9.17) is 21.1 Å². The zero-order valence-corrected chi connectivity index (χ0v) is 13.7. The molecular weight excluding hydrogens is 328 g/mol. The minimum Gasteiger partial charge on any atom is -0.476 e. The molecule has 1 aromatic carbocycles. The highest BCUT2D eigenvalue weighted by Gasteiger charge is 2.24. The Morgan fingerprint density at radius 2 is 2.12 bits per heavy atom. The van der Waals surface area contributed by atoms with Crippen LogP contribution in [-0.4, -0.2) is 40.5 Å². The van der Waals surface area contributed by atoms with Gasteiger partial charge in [-0.1, -0.05) is 41.9 Å². The molecule has 6 heteroatoms. The lowest BCUT2D eigenvalue weighted by atomic mass is 10.1. The standard InChI is InChI=1S/C18H17ClN2O3/c19-14-7-15-16(21-18(14)11-4-2-1-3-5-11)8-17(20-15)24-10-13-6-12(22)9-23-13/h1-5,7-8,12-13,20,22H,6,9-10H2/t12-,13-/m0/s1. The van der Waals surface area contributed by atoms with Crippen LogP contribution in [-0.2, 0) is 4.74 Å². The fourth-order valence-corrected chi connectivity index (χ4v) is 3.13. The summed E-state index contributed by atoms with van der Waals surface area (Å²) in [6.45, 7) is 0.765. The van der Waals surface area contributed by atoms with Crippen LogP contribution in [0.2, 0.25) is 5.02 Å². The highest BCUT2D eigenvalue weighted by Crippen LogP contribution is 2.30. The fourth-order valence-electron chi connectivity index (χ4n) is 2.87. The fraction of sp³-hybridized carbons (Fsp3) is 0.278. The van der Waals surface area contributed by atoms with Crippen molar-refractivity contribution in [3.8, 4) is 17.1 Å². The van der Waals surface area contributed by atoms with Gasteiger partial charge >= 0.3 is 0 Å². The van der Waals surface area contributed by atoms with Gasteiger partial charge in [0.1, 0.15) is 6.61 Å². The van der Waals surface area contributed by atoms with Crippen LogP contribution in [0.5, 0.6) is 5.88 Å². The first kappa shape index (κ1) is 15.4. The summed E-state index contributed by atoms with van der Waals surface area (Å²) in [7, 11) is 0. The number of nitrogens with zero attached hydrogens (tertiary/aromatic N) is 1. The van der Waals surface area contributed by atoms with E-state index in [1.165, 1.54) is 0 Å². The predicted molar refractivity (Wildman–Crippen MR) is 92.4 cm³/mol. The van der Waals surface area contributed by atoms with Gasteiger partial charge in [-0.2, -0.15) is 0 Å². The smallest absolute Gasteiger partial charge is 0.193 e. The van der Waals surface area contributed by atoms with E-state index in [1.54, 1.807) is 0 Å². The summed E-state index contributed by atoms with van der Waals surface area (Å²) in [5.41, 5.74) is 3.33. The van der Waals surface area contributed by atoms with Gasteiger partial charge in [0.25, 0.3) is 0 Å². The van der Waals surface area contributed by atoms with E-state index >= 15 is 0 Å². The van der Waals surface area contributed by atoms with Crippen molar-refractivity contribution in [1.82, 2.24) is 9.97 Å². The molecule has 3 aromatic rings. The zero-order chi connectivity index (χ0) is 16.5. The first-order valence-electron chi connectivity index (χ1n) is 7.86. The number of benzene rings is 1. The number of hydrogen-bond donors (Lipinski definition) is 2. The number of aliphatic hydroxyl groups is 1.